The minimum atomic E-state index is 0.679. The number of hydrogen-bond acceptors (Lipinski definition) is 3. The Morgan fingerprint density at radius 3 is 2.73 bits per heavy atom. The highest BCUT2D eigenvalue weighted by Gasteiger charge is 2.18. The van der Waals surface area contributed by atoms with Gasteiger partial charge in [0, 0.05) is 17.1 Å². The summed E-state index contributed by atoms with van der Waals surface area (Å²) in [6.07, 6.45) is 0. The fourth-order valence-corrected chi connectivity index (χ4v) is 1.80. The van der Waals surface area contributed by atoms with Gasteiger partial charge in [-0.1, -0.05) is 11.6 Å². The van der Waals surface area contributed by atoms with Crippen molar-refractivity contribution in [2.24, 2.45) is 0 Å². The van der Waals surface area contributed by atoms with Crippen molar-refractivity contribution in [3.8, 4) is 11.5 Å². The molecule has 0 aliphatic carbocycles. The number of fused-ring (bicyclic) bond motifs is 1. The second-order valence-electron chi connectivity index (χ2n) is 3.50. The van der Waals surface area contributed by atoms with E-state index < -0.39 is 0 Å². The maximum absolute atomic E-state index is 5.81. The maximum Gasteiger partial charge on any atom is 0.226 e. The number of halogens is 1. The molecule has 0 saturated carbocycles. The Balaban J connectivity index is 2.02. The number of rotatable bonds is 1. The number of benzene rings is 1. The minimum absolute atomic E-state index is 0.679. The molecule has 2 aromatic rings. The third kappa shape index (κ3) is 1.54. The first-order valence-electron chi connectivity index (χ1n) is 4.78. The van der Waals surface area contributed by atoms with E-state index in [1.165, 1.54) is 0 Å². The van der Waals surface area contributed by atoms with Gasteiger partial charge in [0.15, 0.2) is 0 Å². The molecule has 0 amide bonds. The van der Waals surface area contributed by atoms with Crippen LogP contribution in [0.1, 0.15) is 11.5 Å². The molecule has 0 spiro atoms. The first-order valence-corrected chi connectivity index (χ1v) is 5.16. The minimum Gasteiger partial charge on any atom is -0.439 e. The van der Waals surface area contributed by atoms with Crippen molar-refractivity contribution in [1.82, 2.24) is 10.3 Å². The molecule has 3 nitrogen and oxygen atoms in total. The summed E-state index contributed by atoms with van der Waals surface area (Å²) in [6.45, 7) is 1.57. The average molecular weight is 221 g/mol. The van der Waals surface area contributed by atoms with Crippen molar-refractivity contribution in [3.63, 3.8) is 0 Å². The van der Waals surface area contributed by atoms with Crippen LogP contribution in [0, 0.1) is 0 Å². The zero-order chi connectivity index (χ0) is 10.3. The molecular formula is C11H9ClN2O. The summed E-state index contributed by atoms with van der Waals surface area (Å²) in [5, 5.41) is 3.90. The van der Waals surface area contributed by atoms with E-state index in [1.807, 2.05) is 24.3 Å². The Bertz CT molecular complexity index is 468. The fourth-order valence-electron chi connectivity index (χ4n) is 1.67. The zero-order valence-corrected chi connectivity index (χ0v) is 8.71. The van der Waals surface area contributed by atoms with Gasteiger partial charge in [-0.25, -0.2) is 4.98 Å². The molecule has 0 fully saturated rings. The van der Waals surface area contributed by atoms with Crippen molar-refractivity contribution in [1.29, 1.82) is 0 Å². The number of nitrogens with one attached hydrogen (secondary N) is 1. The first kappa shape index (κ1) is 8.95. The SMILES string of the molecule is Clc1ccc(-c2nc3c(o2)CNC3)cc1. The van der Waals surface area contributed by atoms with Gasteiger partial charge in [0.25, 0.3) is 0 Å². The van der Waals surface area contributed by atoms with E-state index in [1.54, 1.807) is 0 Å². The lowest BCUT2D eigenvalue weighted by molar-refractivity contribution is 0.511. The summed E-state index contributed by atoms with van der Waals surface area (Å²) in [5.74, 6) is 1.62. The van der Waals surface area contributed by atoms with Gasteiger partial charge in [0.2, 0.25) is 5.89 Å². The molecule has 1 aliphatic heterocycles. The van der Waals surface area contributed by atoms with Crippen molar-refractivity contribution >= 4 is 11.6 Å². The van der Waals surface area contributed by atoms with Crippen molar-refractivity contribution in [2.75, 3.05) is 0 Å². The third-order valence-corrected chi connectivity index (χ3v) is 2.70. The van der Waals surface area contributed by atoms with Gasteiger partial charge in [0.1, 0.15) is 5.76 Å². The van der Waals surface area contributed by atoms with Crippen LogP contribution in [0.3, 0.4) is 0 Å². The van der Waals surface area contributed by atoms with E-state index in [2.05, 4.69) is 10.3 Å². The Labute approximate surface area is 92.1 Å². The summed E-state index contributed by atoms with van der Waals surface area (Å²) in [5.41, 5.74) is 1.98. The normalized spacial score (nSPS) is 14.2. The van der Waals surface area contributed by atoms with Crippen LogP contribution in [-0.2, 0) is 13.1 Å². The average Bonchev–Trinajstić information content (AvgIpc) is 2.78. The highest BCUT2D eigenvalue weighted by atomic mass is 35.5. The molecule has 1 aliphatic rings. The van der Waals surface area contributed by atoms with Gasteiger partial charge < -0.3 is 9.73 Å². The van der Waals surface area contributed by atoms with Crippen LogP contribution >= 0.6 is 11.6 Å². The highest BCUT2D eigenvalue weighted by molar-refractivity contribution is 6.30. The second kappa shape index (κ2) is 3.36. The molecule has 0 unspecified atom stereocenters. The number of hydrogen-bond donors (Lipinski definition) is 1. The topological polar surface area (TPSA) is 38.1 Å². The van der Waals surface area contributed by atoms with Crippen molar-refractivity contribution in [3.05, 3.63) is 40.7 Å². The standard InChI is InChI=1S/C11H9ClN2O/c12-8-3-1-7(2-4-8)11-14-9-5-13-6-10(9)15-11/h1-4,13H,5-6H2. The summed E-state index contributed by atoms with van der Waals surface area (Å²) < 4.78 is 5.64. The molecule has 1 aromatic heterocycles. The molecule has 1 N–H and O–H groups in total. The van der Waals surface area contributed by atoms with Gasteiger partial charge in [-0.2, -0.15) is 0 Å². The van der Waals surface area contributed by atoms with Crippen molar-refractivity contribution < 1.29 is 4.42 Å². The second-order valence-corrected chi connectivity index (χ2v) is 3.94. The molecule has 15 heavy (non-hydrogen) atoms. The number of nitrogens with zero attached hydrogens (tertiary/aromatic N) is 1. The molecular weight excluding hydrogens is 212 g/mol. The molecule has 0 radical (unpaired) electrons. The van der Waals surface area contributed by atoms with Gasteiger partial charge >= 0.3 is 0 Å². The largest absolute Gasteiger partial charge is 0.439 e. The Kier molecular flexibility index (Phi) is 2.01. The smallest absolute Gasteiger partial charge is 0.226 e. The predicted octanol–water partition coefficient (Wildman–Crippen LogP) is 2.60. The Morgan fingerprint density at radius 2 is 2.00 bits per heavy atom. The van der Waals surface area contributed by atoms with Crippen LogP contribution in [0.25, 0.3) is 11.5 Å². The molecule has 0 atom stereocenters. The number of aromatic nitrogens is 1. The summed E-state index contributed by atoms with van der Waals surface area (Å²) in [7, 11) is 0. The van der Waals surface area contributed by atoms with Crippen LogP contribution in [0.2, 0.25) is 5.02 Å². The molecule has 76 valence electrons. The third-order valence-electron chi connectivity index (χ3n) is 2.45. The monoisotopic (exact) mass is 220 g/mol. The van der Waals surface area contributed by atoms with Crippen molar-refractivity contribution in [2.45, 2.75) is 13.1 Å². The van der Waals surface area contributed by atoms with E-state index in [4.69, 9.17) is 16.0 Å². The van der Waals surface area contributed by atoms with Gasteiger partial charge in [-0.05, 0) is 24.3 Å². The van der Waals surface area contributed by atoms with Crippen LogP contribution in [-0.4, -0.2) is 4.98 Å². The molecule has 0 saturated heterocycles. The van der Waals surface area contributed by atoms with Crippen LogP contribution in [0.4, 0.5) is 0 Å². The highest BCUT2D eigenvalue weighted by Crippen LogP contribution is 2.25. The molecule has 4 heteroatoms. The zero-order valence-electron chi connectivity index (χ0n) is 7.96. The van der Waals surface area contributed by atoms with E-state index in [0.29, 0.717) is 5.89 Å². The lowest BCUT2D eigenvalue weighted by Crippen LogP contribution is -2.01. The van der Waals surface area contributed by atoms with Gasteiger partial charge in [0.05, 0.1) is 12.2 Å². The van der Waals surface area contributed by atoms with Crippen LogP contribution < -0.4 is 5.32 Å². The fraction of sp³-hybridized carbons (Fsp3) is 0.182. The summed E-state index contributed by atoms with van der Waals surface area (Å²) in [6, 6.07) is 7.50. The predicted molar refractivity (Wildman–Crippen MR) is 57.5 cm³/mol. The van der Waals surface area contributed by atoms with Crippen LogP contribution in [0.15, 0.2) is 28.7 Å². The van der Waals surface area contributed by atoms with E-state index in [9.17, 15) is 0 Å². The molecule has 2 heterocycles. The van der Waals surface area contributed by atoms with E-state index >= 15 is 0 Å². The lowest BCUT2D eigenvalue weighted by atomic mass is 10.2. The van der Waals surface area contributed by atoms with E-state index in [-0.39, 0.29) is 0 Å². The van der Waals surface area contributed by atoms with Crippen LogP contribution in [0.5, 0.6) is 0 Å². The molecule has 0 bridgehead atoms. The van der Waals surface area contributed by atoms with E-state index in [0.717, 1.165) is 35.1 Å². The lowest BCUT2D eigenvalue weighted by Gasteiger charge is -1.96. The quantitative estimate of drug-likeness (QED) is 0.803. The Morgan fingerprint density at radius 1 is 1.20 bits per heavy atom. The molecule has 1 aromatic carbocycles. The molecule has 3 rings (SSSR count). The number of oxazole rings is 1. The maximum atomic E-state index is 5.81. The Hall–Kier alpha value is -1.32. The summed E-state index contributed by atoms with van der Waals surface area (Å²) >= 11 is 5.81. The first-order chi connectivity index (χ1) is 7.33. The van der Waals surface area contributed by atoms with Gasteiger partial charge in [-0.15, -0.1) is 0 Å². The van der Waals surface area contributed by atoms with Gasteiger partial charge in [-0.3, -0.25) is 0 Å². The summed E-state index contributed by atoms with van der Waals surface area (Å²) in [4.78, 5) is 4.42.